The molecule has 0 aliphatic carbocycles. The molecule has 1 N–H and O–H groups in total. The van der Waals surface area contributed by atoms with Crippen LogP contribution in [0.4, 0.5) is 0 Å². The van der Waals surface area contributed by atoms with E-state index in [1.165, 1.54) is 11.3 Å². The van der Waals surface area contributed by atoms with Crippen LogP contribution in [-0.4, -0.2) is 9.97 Å². The first-order chi connectivity index (χ1) is 6.31. The molecule has 0 aliphatic rings. The van der Waals surface area contributed by atoms with E-state index >= 15 is 0 Å². The number of hydrogen-bond acceptors (Lipinski definition) is 3. The zero-order chi connectivity index (χ0) is 9.26. The van der Waals surface area contributed by atoms with Gasteiger partial charge in [-0.2, -0.15) is 5.26 Å². The highest BCUT2D eigenvalue weighted by Gasteiger charge is 2.08. The molecule has 0 bridgehead atoms. The number of rotatable bonds is 1. The second-order valence-corrected chi connectivity index (χ2v) is 3.64. The number of nitrogens with zero attached hydrogens (tertiary/aromatic N) is 2. The van der Waals surface area contributed by atoms with Crippen LogP contribution in [0.2, 0.25) is 0 Å². The minimum atomic E-state index is 0.691. The van der Waals surface area contributed by atoms with E-state index in [4.69, 9.17) is 5.26 Å². The van der Waals surface area contributed by atoms with Crippen LogP contribution >= 0.6 is 11.3 Å². The standard InChI is InChI=1S/C9H7N3S/c1-6-8(4-10)13-9(12-6)7-2-3-11-5-7/h2-3,5,11H,1H3. The van der Waals surface area contributed by atoms with Crippen molar-refractivity contribution in [3.05, 3.63) is 29.0 Å². The van der Waals surface area contributed by atoms with Crippen LogP contribution in [0.3, 0.4) is 0 Å². The van der Waals surface area contributed by atoms with E-state index in [0.717, 1.165) is 16.3 Å². The quantitative estimate of drug-likeness (QED) is 0.748. The van der Waals surface area contributed by atoms with E-state index in [0.29, 0.717) is 4.88 Å². The molecule has 3 nitrogen and oxygen atoms in total. The summed E-state index contributed by atoms with van der Waals surface area (Å²) in [7, 11) is 0. The molecule has 0 spiro atoms. The van der Waals surface area contributed by atoms with E-state index in [1.54, 1.807) is 0 Å². The van der Waals surface area contributed by atoms with Crippen LogP contribution in [0.1, 0.15) is 10.6 Å². The third-order valence-electron chi connectivity index (χ3n) is 1.74. The Hall–Kier alpha value is -1.60. The molecule has 2 aromatic rings. The van der Waals surface area contributed by atoms with Gasteiger partial charge in [0, 0.05) is 18.0 Å². The van der Waals surface area contributed by atoms with Gasteiger partial charge < -0.3 is 4.98 Å². The summed E-state index contributed by atoms with van der Waals surface area (Å²) in [5.41, 5.74) is 1.85. The van der Waals surface area contributed by atoms with Crippen LogP contribution < -0.4 is 0 Å². The molecule has 0 fully saturated rings. The second kappa shape index (κ2) is 3.04. The molecule has 0 radical (unpaired) electrons. The van der Waals surface area contributed by atoms with E-state index in [1.807, 2.05) is 25.4 Å². The molecule has 13 heavy (non-hydrogen) atoms. The average molecular weight is 189 g/mol. The van der Waals surface area contributed by atoms with Crippen molar-refractivity contribution in [2.45, 2.75) is 6.92 Å². The number of aryl methyl sites for hydroxylation is 1. The van der Waals surface area contributed by atoms with Crippen molar-refractivity contribution >= 4 is 11.3 Å². The zero-order valence-electron chi connectivity index (χ0n) is 7.03. The molecule has 0 aliphatic heterocycles. The van der Waals surface area contributed by atoms with Gasteiger partial charge in [0.1, 0.15) is 16.0 Å². The van der Waals surface area contributed by atoms with E-state index in [2.05, 4.69) is 16.0 Å². The predicted molar refractivity (Wildman–Crippen MR) is 51.4 cm³/mol. The highest BCUT2D eigenvalue weighted by atomic mass is 32.1. The topological polar surface area (TPSA) is 52.5 Å². The van der Waals surface area contributed by atoms with Crippen molar-refractivity contribution in [3.63, 3.8) is 0 Å². The Morgan fingerprint density at radius 1 is 1.62 bits per heavy atom. The number of aromatic amines is 1. The Bertz CT molecular complexity index is 448. The molecule has 0 unspecified atom stereocenters. The van der Waals surface area contributed by atoms with E-state index < -0.39 is 0 Å². The summed E-state index contributed by atoms with van der Waals surface area (Å²) in [6.45, 7) is 1.85. The molecule has 0 aromatic carbocycles. The minimum absolute atomic E-state index is 0.691. The number of aromatic nitrogens is 2. The number of hydrogen-bond donors (Lipinski definition) is 1. The van der Waals surface area contributed by atoms with Crippen molar-refractivity contribution in [2.24, 2.45) is 0 Å². The molecule has 4 heteroatoms. The molecular weight excluding hydrogens is 182 g/mol. The van der Waals surface area contributed by atoms with Gasteiger partial charge in [-0.1, -0.05) is 0 Å². The molecule has 2 heterocycles. The van der Waals surface area contributed by atoms with Crippen LogP contribution in [-0.2, 0) is 0 Å². The number of H-pyrrole nitrogens is 1. The normalized spacial score (nSPS) is 9.85. The maximum absolute atomic E-state index is 8.74. The van der Waals surface area contributed by atoms with E-state index in [9.17, 15) is 0 Å². The van der Waals surface area contributed by atoms with Gasteiger partial charge in [0.05, 0.1) is 5.69 Å². The van der Waals surface area contributed by atoms with Crippen LogP contribution in [0.15, 0.2) is 18.5 Å². The number of nitriles is 1. The SMILES string of the molecule is Cc1nc(-c2cc[nH]c2)sc1C#N. The third kappa shape index (κ3) is 1.34. The Morgan fingerprint density at radius 2 is 2.46 bits per heavy atom. The van der Waals surface area contributed by atoms with Gasteiger partial charge in [-0.25, -0.2) is 4.98 Å². The first-order valence-corrected chi connectivity index (χ1v) is 4.63. The summed E-state index contributed by atoms with van der Waals surface area (Å²) in [5.74, 6) is 0. The summed E-state index contributed by atoms with van der Waals surface area (Å²) in [6.07, 6.45) is 3.72. The first kappa shape index (κ1) is 8.02. The van der Waals surface area contributed by atoms with Crippen molar-refractivity contribution in [3.8, 4) is 16.6 Å². The molecule has 0 saturated heterocycles. The minimum Gasteiger partial charge on any atom is -0.367 e. The fraction of sp³-hybridized carbons (Fsp3) is 0.111. The molecule has 0 amide bonds. The van der Waals surface area contributed by atoms with Crippen molar-refractivity contribution in [2.75, 3.05) is 0 Å². The lowest BCUT2D eigenvalue weighted by Gasteiger charge is -1.84. The third-order valence-corrected chi connectivity index (χ3v) is 2.85. The van der Waals surface area contributed by atoms with Gasteiger partial charge in [-0.15, -0.1) is 11.3 Å². The first-order valence-electron chi connectivity index (χ1n) is 3.82. The summed E-state index contributed by atoms with van der Waals surface area (Å²) >= 11 is 1.42. The van der Waals surface area contributed by atoms with Gasteiger partial charge >= 0.3 is 0 Å². The fourth-order valence-electron chi connectivity index (χ4n) is 1.08. The summed E-state index contributed by atoms with van der Waals surface area (Å²) in [6, 6.07) is 4.07. The summed E-state index contributed by atoms with van der Waals surface area (Å²) in [5, 5.41) is 9.64. The molecule has 2 aromatic heterocycles. The summed E-state index contributed by atoms with van der Waals surface area (Å²) < 4.78 is 0. The monoisotopic (exact) mass is 189 g/mol. The number of thiazole rings is 1. The molecule has 2 rings (SSSR count). The zero-order valence-corrected chi connectivity index (χ0v) is 7.85. The maximum atomic E-state index is 8.74. The average Bonchev–Trinajstić information content (AvgIpc) is 2.71. The predicted octanol–water partition coefficient (Wildman–Crippen LogP) is 2.32. The van der Waals surface area contributed by atoms with Crippen LogP contribution in [0.5, 0.6) is 0 Å². The molecule has 64 valence electrons. The van der Waals surface area contributed by atoms with Gasteiger partial charge in [-0.05, 0) is 13.0 Å². The lowest BCUT2D eigenvalue weighted by Crippen LogP contribution is -1.74. The van der Waals surface area contributed by atoms with E-state index in [-0.39, 0.29) is 0 Å². The second-order valence-electron chi connectivity index (χ2n) is 2.65. The highest BCUT2D eigenvalue weighted by Crippen LogP contribution is 2.26. The largest absolute Gasteiger partial charge is 0.367 e. The van der Waals surface area contributed by atoms with Crippen molar-refractivity contribution < 1.29 is 0 Å². The summed E-state index contributed by atoms with van der Waals surface area (Å²) in [4.78, 5) is 7.95. The van der Waals surface area contributed by atoms with Crippen molar-refractivity contribution in [1.29, 1.82) is 5.26 Å². The van der Waals surface area contributed by atoms with Gasteiger partial charge in [0.25, 0.3) is 0 Å². The number of nitrogens with one attached hydrogen (secondary N) is 1. The lowest BCUT2D eigenvalue weighted by molar-refractivity contribution is 1.25. The Labute approximate surface area is 79.7 Å². The maximum Gasteiger partial charge on any atom is 0.128 e. The Kier molecular flexibility index (Phi) is 1.87. The Morgan fingerprint density at radius 3 is 3.00 bits per heavy atom. The molecule has 0 saturated carbocycles. The highest BCUT2D eigenvalue weighted by molar-refractivity contribution is 7.15. The van der Waals surface area contributed by atoms with Crippen molar-refractivity contribution in [1.82, 2.24) is 9.97 Å². The van der Waals surface area contributed by atoms with Crippen LogP contribution in [0, 0.1) is 18.3 Å². The molecule has 0 atom stereocenters. The Balaban J connectivity index is 2.50. The van der Waals surface area contributed by atoms with Crippen LogP contribution in [0.25, 0.3) is 10.6 Å². The lowest BCUT2D eigenvalue weighted by atomic mass is 10.3. The fourth-order valence-corrected chi connectivity index (χ4v) is 1.94. The van der Waals surface area contributed by atoms with Gasteiger partial charge in [0.2, 0.25) is 0 Å². The van der Waals surface area contributed by atoms with Gasteiger partial charge in [-0.3, -0.25) is 0 Å². The van der Waals surface area contributed by atoms with Gasteiger partial charge in [0.15, 0.2) is 0 Å². The molecular formula is C9H7N3S. The smallest absolute Gasteiger partial charge is 0.128 e.